The van der Waals surface area contributed by atoms with Crippen LogP contribution in [0.2, 0.25) is 0 Å². The first kappa shape index (κ1) is 15.0. The number of hydrogen-bond donors (Lipinski definition) is 2. The van der Waals surface area contributed by atoms with Crippen LogP contribution in [0.4, 0.5) is 0 Å². The molecule has 0 saturated heterocycles. The van der Waals surface area contributed by atoms with Gasteiger partial charge >= 0.3 is 0 Å². The molecule has 0 spiro atoms. The predicted molar refractivity (Wildman–Crippen MR) is 73.0 cm³/mol. The van der Waals surface area contributed by atoms with Crippen LogP contribution < -0.4 is 4.72 Å². The number of hydrogen-bond acceptors (Lipinski definition) is 5. The molecule has 0 aromatic carbocycles. The summed E-state index contributed by atoms with van der Waals surface area (Å²) >= 11 is 3.01. The van der Waals surface area contributed by atoms with Crippen LogP contribution in [0.15, 0.2) is 16.3 Å². The van der Waals surface area contributed by atoms with E-state index in [1.807, 2.05) is 6.26 Å². The molecule has 4 nitrogen and oxygen atoms in total. The number of unbranched alkanes of at least 4 members (excludes halogenated alkanes) is 1. The third-order valence-corrected chi connectivity index (χ3v) is 5.37. The number of thiophene rings is 1. The van der Waals surface area contributed by atoms with Crippen molar-refractivity contribution >= 4 is 33.1 Å². The Balaban J connectivity index is 2.45. The van der Waals surface area contributed by atoms with Crippen molar-refractivity contribution in [2.75, 3.05) is 18.6 Å². The van der Waals surface area contributed by atoms with Crippen LogP contribution >= 0.6 is 23.1 Å². The number of sulfonamides is 1. The molecule has 1 heterocycles. The van der Waals surface area contributed by atoms with Crippen LogP contribution in [0.25, 0.3) is 0 Å². The molecule has 1 aromatic heterocycles. The maximum atomic E-state index is 11.8. The Hall–Kier alpha value is -0.0800. The molecule has 0 bridgehead atoms. The molecular weight excluding hydrogens is 278 g/mol. The summed E-state index contributed by atoms with van der Waals surface area (Å²) in [5, 5.41) is 10.4. The first-order valence-electron chi connectivity index (χ1n) is 5.27. The second-order valence-corrected chi connectivity index (χ2v) is 7.25. The normalized spacial score (nSPS) is 11.9. The van der Waals surface area contributed by atoms with E-state index >= 15 is 0 Å². The zero-order valence-corrected chi connectivity index (χ0v) is 12.1. The van der Waals surface area contributed by atoms with E-state index in [1.165, 1.54) is 17.4 Å². The van der Waals surface area contributed by atoms with Gasteiger partial charge in [-0.2, -0.15) is 11.8 Å². The van der Waals surface area contributed by atoms with Crippen molar-refractivity contribution in [2.45, 2.75) is 24.3 Å². The third kappa shape index (κ3) is 4.97. The molecule has 98 valence electrons. The third-order valence-electron chi connectivity index (χ3n) is 2.16. The van der Waals surface area contributed by atoms with Gasteiger partial charge < -0.3 is 5.11 Å². The average molecular weight is 295 g/mol. The summed E-state index contributed by atoms with van der Waals surface area (Å²) in [6.07, 6.45) is 3.89. The van der Waals surface area contributed by atoms with Gasteiger partial charge in [0.1, 0.15) is 0 Å². The lowest BCUT2D eigenvalue weighted by atomic mass is 10.3. The van der Waals surface area contributed by atoms with E-state index in [0.717, 1.165) is 18.6 Å². The van der Waals surface area contributed by atoms with Crippen molar-refractivity contribution in [3.8, 4) is 0 Å². The van der Waals surface area contributed by atoms with Gasteiger partial charge in [0.05, 0.1) is 11.5 Å². The standard InChI is InChI=1S/C10H17NO3S3/c1-15-5-3-2-4-11-17(13,14)10-6-9(7-12)16-8-10/h6,8,11-12H,2-5,7H2,1H3. The van der Waals surface area contributed by atoms with Gasteiger partial charge in [-0.05, 0) is 30.9 Å². The second kappa shape index (κ2) is 7.38. The van der Waals surface area contributed by atoms with Crippen LogP contribution in [-0.4, -0.2) is 32.1 Å². The number of nitrogens with one attached hydrogen (secondary N) is 1. The summed E-state index contributed by atoms with van der Waals surface area (Å²) in [7, 11) is -3.39. The summed E-state index contributed by atoms with van der Waals surface area (Å²) in [6, 6.07) is 1.51. The fraction of sp³-hybridized carbons (Fsp3) is 0.600. The Bertz CT molecular complexity index is 428. The molecule has 0 aliphatic rings. The Morgan fingerprint density at radius 3 is 2.82 bits per heavy atom. The van der Waals surface area contributed by atoms with E-state index in [-0.39, 0.29) is 11.5 Å². The smallest absolute Gasteiger partial charge is 0.241 e. The van der Waals surface area contributed by atoms with Gasteiger partial charge in [-0.3, -0.25) is 0 Å². The highest BCUT2D eigenvalue weighted by Crippen LogP contribution is 2.18. The van der Waals surface area contributed by atoms with Crippen LogP contribution in [0.3, 0.4) is 0 Å². The second-order valence-electron chi connectivity index (χ2n) is 3.50. The Kier molecular flexibility index (Phi) is 6.50. The van der Waals surface area contributed by atoms with E-state index < -0.39 is 10.0 Å². The van der Waals surface area contributed by atoms with Crippen LogP contribution in [0.1, 0.15) is 17.7 Å². The van der Waals surface area contributed by atoms with E-state index in [1.54, 1.807) is 17.1 Å². The van der Waals surface area contributed by atoms with E-state index in [9.17, 15) is 8.42 Å². The number of aliphatic hydroxyl groups excluding tert-OH is 1. The Labute approximate surface area is 110 Å². The van der Waals surface area contributed by atoms with Gasteiger partial charge in [-0.15, -0.1) is 11.3 Å². The van der Waals surface area contributed by atoms with Crippen molar-refractivity contribution in [3.63, 3.8) is 0 Å². The van der Waals surface area contributed by atoms with Gasteiger partial charge in [0.15, 0.2) is 0 Å². The van der Waals surface area contributed by atoms with Crippen molar-refractivity contribution in [1.82, 2.24) is 4.72 Å². The summed E-state index contributed by atoms with van der Waals surface area (Å²) in [5.41, 5.74) is 0. The lowest BCUT2D eigenvalue weighted by molar-refractivity contribution is 0.285. The summed E-state index contributed by atoms with van der Waals surface area (Å²) in [6.45, 7) is 0.348. The first-order valence-corrected chi connectivity index (χ1v) is 9.02. The highest BCUT2D eigenvalue weighted by molar-refractivity contribution is 7.98. The molecular formula is C10H17NO3S3. The van der Waals surface area contributed by atoms with Gasteiger partial charge in [-0.1, -0.05) is 0 Å². The minimum absolute atomic E-state index is 0.117. The number of aliphatic hydroxyl groups is 1. The zero-order chi connectivity index (χ0) is 12.7. The average Bonchev–Trinajstić information content (AvgIpc) is 2.78. The molecule has 0 aliphatic carbocycles. The maximum Gasteiger partial charge on any atom is 0.241 e. The fourth-order valence-corrected chi connectivity index (χ4v) is 3.95. The van der Waals surface area contributed by atoms with Crippen molar-refractivity contribution in [3.05, 3.63) is 16.3 Å². The van der Waals surface area contributed by atoms with E-state index in [2.05, 4.69) is 4.72 Å². The highest BCUT2D eigenvalue weighted by atomic mass is 32.2. The first-order chi connectivity index (χ1) is 8.10. The maximum absolute atomic E-state index is 11.8. The molecule has 2 N–H and O–H groups in total. The molecule has 0 atom stereocenters. The van der Waals surface area contributed by atoms with Gasteiger partial charge in [0.25, 0.3) is 0 Å². The molecule has 0 radical (unpaired) electrons. The largest absolute Gasteiger partial charge is 0.391 e. The van der Waals surface area contributed by atoms with Crippen molar-refractivity contribution in [2.24, 2.45) is 0 Å². The van der Waals surface area contributed by atoms with Gasteiger partial charge in [0.2, 0.25) is 10.0 Å². The molecule has 1 aromatic rings. The zero-order valence-electron chi connectivity index (χ0n) is 9.68. The summed E-state index contributed by atoms with van der Waals surface area (Å²) < 4.78 is 26.2. The molecule has 1 rings (SSSR count). The molecule has 0 saturated carbocycles. The van der Waals surface area contributed by atoms with Crippen LogP contribution in [0, 0.1) is 0 Å². The molecule has 7 heteroatoms. The highest BCUT2D eigenvalue weighted by Gasteiger charge is 2.15. The number of thioether (sulfide) groups is 1. The lowest BCUT2D eigenvalue weighted by Crippen LogP contribution is -2.24. The number of rotatable bonds is 8. The predicted octanol–water partition coefficient (Wildman–Crippen LogP) is 1.66. The summed E-state index contributed by atoms with van der Waals surface area (Å²) in [4.78, 5) is 0.907. The van der Waals surface area contributed by atoms with Crippen molar-refractivity contribution < 1.29 is 13.5 Å². The van der Waals surface area contributed by atoms with Crippen LogP contribution in [0.5, 0.6) is 0 Å². The minimum Gasteiger partial charge on any atom is -0.391 e. The van der Waals surface area contributed by atoms with E-state index in [0.29, 0.717) is 11.4 Å². The molecule has 17 heavy (non-hydrogen) atoms. The van der Waals surface area contributed by atoms with E-state index in [4.69, 9.17) is 5.11 Å². The topological polar surface area (TPSA) is 66.4 Å². The Morgan fingerprint density at radius 2 is 2.24 bits per heavy atom. The van der Waals surface area contributed by atoms with Crippen molar-refractivity contribution in [1.29, 1.82) is 0 Å². The monoisotopic (exact) mass is 295 g/mol. The fourth-order valence-electron chi connectivity index (χ4n) is 1.25. The Morgan fingerprint density at radius 1 is 1.47 bits per heavy atom. The van der Waals surface area contributed by atoms with Crippen LogP contribution in [-0.2, 0) is 16.6 Å². The van der Waals surface area contributed by atoms with Gasteiger partial charge in [-0.25, -0.2) is 13.1 Å². The minimum atomic E-state index is -3.39. The quantitative estimate of drug-likeness (QED) is 0.716. The SMILES string of the molecule is CSCCCCNS(=O)(=O)c1csc(CO)c1. The summed E-state index contributed by atoms with van der Waals surface area (Å²) in [5.74, 6) is 1.05. The van der Waals surface area contributed by atoms with Gasteiger partial charge in [0, 0.05) is 16.8 Å². The molecule has 0 aliphatic heterocycles. The molecule has 0 fully saturated rings. The molecule has 0 amide bonds. The lowest BCUT2D eigenvalue weighted by Gasteiger charge is -2.04. The molecule has 0 unspecified atom stereocenters.